The number of halogens is 2. The minimum Gasteiger partial charge on any atom is -0.341 e. The summed E-state index contributed by atoms with van der Waals surface area (Å²) in [5, 5.41) is 0. The standard InChI is InChI=1S/C10H17F2NO/c1-4-8(14)13-6-9(3,7-13)10(11,12)5-2/h4-7H2,1-3H3. The van der Waals surface area contributed by atoms with Crippen LogP contribution < -0.4 is 0 Å². The first-order valence-electron chi connectivity index (χ1n) is 5.02. The topological polar surface area (TPSA) is 20.3 Å². The van der Waals surface area contributed by atoms with Crippen molar-refractivity contribution in [3.05, 3.63) is 0 Å². The summed E-state index contributed by atoms with van der Waals surface area (Å²) in [6.45, 7) is 5.17. The number of hydrogen-bond acceptors (Lipinski definition) is 1. The average Bonchev–Trinajstić information content (AvgIpc) is 2.11. The van der Waals surface area contributed by atoms with Gasteiger partial charge in [0, 0.05) is 25.9 Å². The number of nitrogens with zero attached hydrogens (tertiary/aromatic N) is 1. The van der Waals surface area contributed by atoms with E-state index in [4.69, 9.17) is 0 Å². The van der Waals surface area contributed by atoms with Crippen LogP contribution in [-0.2, 0) is 4.79 Å². The lowest BCUT2D eigenvalue weighted by molar-refractivity contribution is -0.189. The molecular formula is C10H17F2NO. The van der Waals surface area contributed by atoms with Gasteiger partial charge in [-0.2, -0.15) is 0 Å². The highest BCUT2D eigenvalue weighted by molar-refractivity contribution is 5.76. The molecule has 1 fully saturated rings. The number of carbonyl (C=O) groups excluding carboxylic acids is 1. The van der Waals surface area contributed by atoms with Crippen LogP contribution in [-0.4, -0.2) is 29.8 Å². The number of likely N-dealkylation sites (tertiary alicyclic amines) is 1. The van der Waals surface area contributed by atoms with Crippen molar-refractivity contribution in [3.63, 3.8) is 0 Å². The molecule has 82 valence electrons. The predicted octanol–water partition coefficient (Wildman–Crippen LogP) is 2.29. The van der Waals surface area contributed by atoms with E-state index in [9.17, 15) is 13.6 Å². The van der Waals surface area contributed by atoms with Crippen molar-refractivity contribution in [2.24, 2.45) is 5.41 Å². The van der Waals surface area contributed by atoms with Gasteiger partial charge in [-0.05, 0) is 0 Å². The Kier molecular flexibility index (Phi) is 2.83. The summed E-state index contributed by atoms with van der Waals surface area (Å²) in [7, 11) is 0. The van der Waals surface area contributed by atoms with E-state index in [2.05, 4.69) is 0 Å². The Bertz CT molecular complexity index is 234. The summed E-state index contributed by atoms with van der Waals surface area (Å²) in [6, 6.07) is 0. The van der Waals surface area contributed by atoms with Crippen LogP contribution in [0.4, 0.5) is 8.78 Å². The van der Waals surface area contributed by atoms with Gasteiger partial charge in [0.25, 0.3) is 5.92 Å². The van der Waals surface area contributed by atoms with Crippen LogP contribution in [0.15, 0.2) is 0 Å². The minimum absolute atomic E-state index is 0.0330. The summed E-state index contributed by atoms with van der Waals surface area (Å²) in [4.78, 5) is 12.7. The van der Waals surface area contributed by atoms with Crippen molar-refractivity contribution < 1.29 is 13.6 Å². The molecule has 0 unspecified atom stereocenters. The SMILES string of the molecule is CCC(=O)N1CC(C)(C(F)(F)CC)C1. The lowest BCUT2D eigenvalue weighted by Gasteiger charge is -2.51. The molecule has 1 aliphatic heterocycles. The van der Waals surface area contributed by atoms with E-state index in [0.29, 0.717) is 6.42 Å². The molecule has 2 nitrogen and oxygen atoms in total. The van der Waals surface area contributed by atoms with E-state index >= 15 is 0 Å². The lowest BCUT2D eigenvalue weighted by Crippen LogP contribution is -2.64. The average molecular weight is 205 g/mol. The fourth-order valence-corrected chi connectivity index (χ4v) is 1.85. The zero-order valence-electron chi connectivity index (χ0n) is 8.94. The normalized spacial score (nSPS) is 20.5. The van der Waals surface area contributed by atoms with Gasteiger partial charge >= 0.3 is 0 Å². The summed E-state index contributed by atoms with van der Waals surface area (Å²) in [5.74, 6) is -2.69. The van der Waals surface area contributed by atoms with Crippen LogP contribution in [0.3, 0.4) is 0 Å². The van der Waals surface area contributed by atoms with E-state index in [1.165, 1.54) is 11.8 Å². The predicted molar refractivity (Wildman–Crippen MR) is 50.2 cm³/mol. The molecule has 1 saturated heterocycles. The van der Waals surface area contributed by atoms with Crippen molar-refractivity contribution >= 4 is 5.91 Å². The molecule has 1 heterocycles. The first-order valence-corrected chi connectivity index (χ1v) is 5.02. The van der Waals surface area contributed by atoms with Crippen LogP contribution in [0.5, 0.6) is 0 Å². The lowest BCUT2D eigenvalue weighted by atomic mass is 9.74. The van der Waals surface area contributed by atoms with Gasteiger partial charge in [-0.1, -0.05) is 20.8 Å². The Morgan fingerprint density at radius 2 is 1.93 bits per heavy atom. The second-order valence-corrected chi connectivity index (χ2v) is 4.22. The Morgan fingerprint density at radius 3 is 2.29 bits per heavy atom. The van der Waals surface area contributed by atoms with Crippen molar-refractivity contribution in [3.8, 4) is 0 Å². The van der Waals surface area contributed by atoms with Gasteiger partial charge in [-0.3, -0.25) is 4.79 Å². The zero-order chi connectivity index (χ0) is 11.0. The summed E-state index contributed by atoms with van der Waals surface area (Å²) in [6.07, 6.45) is 0.241. The Morgan fingerprint density at radius 1 is 1.43 bits per heavy atom. The molecule has 1 aliphatic rings. The van der Waals surface area contributed by atoms with Crippen molar-refractivity contribution in [1.29, 1.82) is 0 Å². The van der Waals surface area contributed by atoms with Crippen molar-refractivity contribution in [1.82, 2.24) is 4.90 Å². The molecule has 0 aromatic carbocycles. The molecule has 0 spiro atoms. The number of hydrogen-bond donors (Lipinski definition) is 0. The molecule has 0 radical (unpaired) electrons. The molecule has 0 aliphatic carbocycles. The van der Waals surface area contributed by atoms with Crippen LogP contribution in [0.1, 0.15) is 33.6 Å². The summed E-state index contributed by atoms with van der Waals surface area (Å²) >= 11 is 0. The summed E-state index contributed by atoms with van der Waals surface area (Å²) in [5.41, 5.74) is -1.01. The molecular weight excluding hydrogens is 188 g/mol. The number of alkyl halides is 2. The first kappa shape index (κ1) is 11.4. The smallest absolute Gasteiger partial charge is 0.256 e. The Hall–Kier alpha value is -0.670. The van der Waals surface area contributed by atoms with Crippen LogP contribution in [0.2, 0.25) is 0 Å². The van der Waals surface area contributed by atoms with Gasteiger partial charge in [0.15, 0.2) is 0 Å². The van der Waals surface area contributed by atoms with Gasteiger partial charge in [0.1, 0.15) is 0 Å². The third-order valence-electron chi connectivity index (χ3n) is 3.06. The monoisotopic (exact) mass is 205 g/mol. The Labute approximate surface area is 83.3 Å². The molecule has 0 atom stereocenters. The maximum absolute atomic E-state index is 13.4. The van der Waals surface area contributed by atoms with Crippen molar-refractivity contribution in [2.45, 2.75) is 39.5 Å². The molecule has 0 N–H and O–H groups in total. The van der Waals surface area contributed by atoms with E-state index in [0.717, 1.165) is 0 Å². The van der Waals surface area contributed by atoms with Gasteiger partial charge in [-0.25, -0.2) is 8.78 Å². The largest absolute Gasteiger partial charge is 0.341 e. The highest BCUT2D eigenvalue weighted by Gasteiger charge is 2.56. The molecule has 0 aromatic rings. The number of carbonyl (C=O) groups is 1. The maximum Gasteiger partial charge on any atom is 0.256 e. The van der Waals surface area contributed by atoms with E-state index in [1.54, 1.807) is 13.8 Å². The van der Waals surface area contributed by atoms with Crippen LogP contribution in [0, 0.1) is 5.41 Å². The van der Waals surface area contributed by atoms with E-state index in [1.807, 2.05) is 0 Å². The quantitative estimate of drug-likeness (QED) is 0.692. The molecule has 0 aromatic heterocycles. The highest BCUT2D eigenvalue weighted by Crippen LogP contribution is 2.45. The fourth-order valence-electron chi connectivity index (χ4n) is 1.85. The minimum atomic E-state index is -2.66. The van der Waals surface area contributed by atoms with E-state index < -0.39 is 11.3 Å². The third-order valence-corrected chi connectivity index (χ3v) is 3.06. The molecule has 0 bridgehead atoms. The Balaban J connectivity index is 2.57. The van der Waals surface area contributed by atoms with Crippen LogP contribution >= 0.6 is 0 Å². The summed E-state index contributed by atoms with van der Waals surface area (Å²) < 4.78 is 26.8. The molecule has 1 rings (SSSR count). The molecule has 4 heteroatoms. The van der Waals surface area contributed by atoms with Gasteiger partial charge in [-0.15, -0.1) is 0 Å². The maximum atomic E-state index is 13.4. The van der Waals surface area contributed by atoms with Crippen LogP contribution in [0.25, 0.3) is 0 Å². The second-order valence-electron chi connectivity index (χ2n) is 4.22. The van der Waals surface area contributed by atoms with Gasteiger partial charge in [0.2, 0.25) is 5.91 Å². The van der Waals surface area contributed by atoms with Gasteiger partial charge in [0.05, 0.1) is 5.41 Å². The molecule has 0 saturated carbocycles. The second kappa shape index (κ2) is 3.48. The first-order chi connectivity index (χ1) is 6.36. The van der Waals surface area contributed by atoms with Crippen molar-refractivity contribution in [2.75, 3.05) is 13.1 Å². The zero-order valence-corrected chi connectivity index (χ0v) is 8.94. The van der Waals surface area contributed by atoms with Gasteiger partial charge < -0.3 is 4.90 Å². The molecule has 14 heavy (non-hydrogen) atoms. The molecule has 1 amide bonds. The number of amides is 1. The highest BCUT2D eigenvalue weighted by atomic mass is 19.3. The van der Waals surface area contributed by atoms with E-state index in [-0.39, 0.29) is 25.4 Å². The number of rotatable bonds is 3. The fraction of sp³-hybridized carbons (Fsp3) is 0.900. The third kappa shape index (κ3) is 1.62.